The van der Waals surface area contributed by atoms with Crippen LogP contribution in [0.15, 0.2) is 30.5 Å². The monoisotopic (exact) mass is 264 g/mol. The average molecular weight is 265 g/mol. The maximum absolute atomic E-state index is 6.03. The van der Waals surface area contributed by atoms with Gasteiger partial charge >= 0.3 is 0 Å². The van der Waals surface area contributed by atoms with Crippen molar-refractivity contribution in [2.24, 2.45) is 0 Å². The van der Waals surface area contributed by atoms with E-state index in [9.17, 15) is 0 Å². The molecule has 1 aromatic carbocycles. The van der Waals surface area contributed by atoms with Gasteiger partial charge in [-0.3, -0.25) is 0 Å². The van der Waals surface area contributed by atoms with Gasteiger partial charge in [-0.05, 0) is 36.6 Å². The van der Waals surface area contributed by atoms with Gasteiger partial charge in [0.1, 0.15) is 11.6 Å². The summed E-state index contributed by atoms with van der Waals surface area (Å²) in [5.74, 6) is 1.80. The van der Waals surface area contributed by atoms with E-state index in [1.807, 2.05) is 44.4 Å². The second-order valence-electron chi connectivity index (χ2n) is 4.38. The smallest absolute Gasteiger partial charge is 0.136 e. The zero-order valence-corrected chi connectivity index (χ0v) is 11.6. The molecule has 0 fully saturated rings. The van der Waals surface area contributed by atoms with Gasteiger partial charge in [0, 0.05) is 30.6 Å². The summed E-state index contributed by atoms with van der Waals surface area (Å²) < 4.78 is 5.23. The van der Waals surface area contributed by atoms with Crippen LogP contribution in [-0.4, -0.2) is 31.1 Å². The Hall–Kier alpha value is -1.48. The third-order valence-electron chi connectivity index (χ3n) is 2.84. The molecule has 0 radical (unpaired) electrons. The topological polar surface area (TPSA) is 25.4 Å². The summed E-state index contributed by atoms with van der Waals surface area (Å²) in [5.41, 5.74) is 0. The first kappa shape index (κ1) is 13.0. The van der Waals surface area contributed by atoms with E-state index in [2.05, 4.69) is 9.88 Å². The second-order valence-corrected chi connectivity index (χ2v) is 5.13. The largest absolute Gasteiger partial charge is 0.497 e. The maximum atomic E-state index is 6.03. The molecule has 1 heterocycles. The van der Waals surface area contributed by atoms with Crippen LogP contribution in [0.5, 0.6) is 5.75 Å². The molecule has 2 aromatic rings. The number of nitrogens with zero attached hydrogens (tertiary/aromatic N) is 2. The Bertz CT molecular complexity index is 542. The maximum Gasteiger partial charge on any atom is 0.136 e. The van der Waals surface area contributed by atoms with E-state index < -0.39 is 0 Å². The van der Waals surface area contributed by atoms with E-state index in [1.165, 1.54) is 0 Å². The lowest BCUT2D eigenvalue weighted by atomic mass is 10.1. The number of methoxy groups -OCH3 is 1. The van der Waals surface area contributed by atoms with Crippen LogP contribution in [0.1, 0.15) is 6.92 Å². The van der Waals surface area contributed by atoms with Crippen molar-refractivity contribution in [3.8, 4) is 5.75 Å². The molecule has 3 nitrogen and oxygen atoms in total. The molecule has 2 rings (SSSR count). The Morgan fingerprint density at radius 1 is 1.39 bits per heavy atom. The summed E-state index contributed by atoms with van der Waals surface area (Å²) in [7, 11) is 3.68. The SMILES string of the molecule is COc1ccc2c(N(C)CC(C)Cl)nccc2c1. The second kappa shape index (κ2) is 5.44. The first-order chi connectivity index (χ1) is 8.61. The predicted octanol–water partition coefficient (Wildman–Crippen LogP) is 3.31. The summed E-state index contributed by atoms with van der Waals surface area (Å²) in [4.78, 5) is 6.52. The number of alkyl halides is 1. The number of aromatic nitrogens is 1. The van der Waals surface area contributed by atoms with Gasteiger partial charge < -0.3 is 9.64 Å². The van der Waals surface area contributed by atoms with E-state index >= 15 is 0 Å². The molecule has 0 amide bonds. The van der Waals surface area contributed by atoms with E-state index in [1.54, 1.807) is 7.11 Å². The molecule has 1 aromatic heterocycles. The zero-order valence-electron chi connectivity index (χ0n) is 10.9. The lowest BCUT2D eigenvalue weighted by molar-refractivity contribution is 0.415. The third kappa shape index (κ3) is 2.67. The molecule has 1 atom stereocenters. The van der Waals surface area contributed by atoms with Crippen molar-refractivity contribution in [3.63, 3.8) is 0 Å². The Labute approximate surface area is 112 Å². The predicted molar refractivity (Wildman–Crippen MR) is 76.9 cm³/mol. The fraction of sp³-hybridized carbons (Fsp3) is 0.357. The number of pyridine rings is 1. The number of anilines is 1. The van der Waals surface area contributed by atoms with Crippen molar-refractivity contribution in [1.82, 2.24) is 4.98 Å². The quantitative estimate of drug-likeness (QED) is 0.793. The van der Waals surface area contributed by atoms with Crippen molar-refractivity contribution >= 4 is 28.2 Å². The summed E-state index contributed by atoms with van der Waals surface area (Å²) >= 11 is 6.03. The van der Waals surface area contributed by atoms with Gasteiger partial charge in [-0.2, -0.15) is 0 Å². The van der Waals surface area contributed by atoms with Crippen LogP contribution in [0, 0.1) is 0 Å². The summed E-state index contributed by atoms with van der Waals surface area (Å²) in [6, 6.07) is 7.98. The summed E-state index contributed by atoms with van der Waals surface area (Å²) in [6.07, 6.45) is 1.81. The van der Waals surface area contributed by atoms with Crippen LogP contribution in [-0.2, 0) is 0 Å². The molecule has 0 aliphatic carbocycles. The highest BCUT2D eigenvalue weighted by Gasteiger charge is 2.10. The average Bonchev–Trinajstić information content (AvgIpc) is 2.36. The molecule has 0 aliphatic rings. The standard InChI is InChI=1S/C14H17ClN2O/c1-10(15)9-17(2)14-13-5-4-12(18-3)8-11(13)6-7-16-14/h4-8,10H,9H2,1-3H3. The highest BCUT2D eigenvalue weighted by molar-refractivity contribution is 6.20. The third-order valence-corrected chi connectivity index (χ3v) is 2.98. The molecule has 96 valence electrons. The number of hydrogen-bond donors (Lipinski definition) is 0. The molecular formula is C14H17ClN2O. The fourth-order valence-electron chi connectivity index (χ4n) is 2.04. The van der Waals surface area contributed by atoms with Gasteiger partial charge in [-0.25, -0.2) is 4.98 Å². The molecule has 0 saturated heterocycles. The molecule has 0 bridgehead atoms. The minimum Gasteiger partial charge on any atom is -0.497 e. The van der Waals surface area contributed by atoms with Crippen molar-refractivity contribution in [2.45, 2.75) is 12.3 Å². The Kier molecular flexibility index (Phi) is 3.92. The number of hydrogen-bond acceptors (Lipinski definition) is 3. The van der Waals surface area contributed by atoms with Crippen molar-refractivity contribution in [3.05, 3.63) is 30.5 Å². The molecule has 4 heteroatoms. The zero-order chi connectivity index (χ0) is 13.1. The molecular weight excluding hydrogens is 248 g/mol. The molecule has 0 aliphatic heterocycles. The first-order valence-electron chi connectivity index (χ1n) is 5.90. The number of fused-ring (bicyclic) bond motifs is 1. The van der Waals surface area contributed by atoms with E-state index in [-0.39, 0.29) is 5.38 Å². The first-order valence-corrected chi connectivity index (χ1v) is 6.33. The van der Waals surface area contributed by atoms with Gasteiger partial charge in [0.05, 0.1) is 7.11 Å². The Morgan fingerprint density at radius 2 is 2.17 bits per heavy atom. The molecule has 0 N–H and O–H groups in total. The van der Waals surface area contributed by atoms with Gasteiger partial charge in [0.15, 0.2) is 0 Å². The lowest BCUT2D eigenvalue weighted by Gasteiger charge is -2.21. The van der Waals surface area contributed by atoms with Crippen LogP contribution >= 0.6 is 11.6 Å². The summed E-state index contributed by atoms with van der Waals surface area (Å²) in [5, 5.41) is 2.32. The van der Waals surface area contributed by atoms with Crippen LogP contribution in [0.4, 0.5) is 5.82 Å². The van der Waals surface area contributed by atoms with Crippen LogP contribution in [0.25, 0.3) is 10.8 Å². The minimum atomic E-state index is 0.0882. The molecule has 18 heavy (non-hydrogen) atoms. The number of benzene rings is 1. The van der Waals surface area contributed by atoms with Gasteiger partial charge in [-0.1, -0.05) is 0 Å². The summed E-state index contributed by atoms with van der Waals surface area (Å²) in [6.45, 7) is 2.74. The van der Waals surface area contributed by atoms with Gasteiger partial charge in [-0.15, -0.1) is 11.6 Å². The van der Waals surface area contributed by atoms with Gasteiger partial charge in [0.2, 0.25) is 0 Å². The highest BCUT2D eigenvalue weighted by Crippen LogP contribution is 2.27. The minimum absolute atomic E-state index is 0.0882. The number of halogens is 1. The lowest BCUT2D eigenvalue weighted by Crippen LogP contribution is -2.25. The number of rotatable bonds is 4. The number of ether oxygens (including phenoxy) is 1. The molecule has 0 spiro atoms. The molecule has 0 saturated carbocycles. The Morgan fingerprint density at radius 3 is 2.83 bits per heavy atom. The van der Waals surface area contributed by atoms with Crippen LogP contribution in [0.3, 0.4) is 0 Å². The van der Waals surface area contributed by atoms with E-state index in [4.69, 9.17) is 16.3 Å². The van der Waals surface area contributed by atoms with Crippen LogP contribution < -0.4 is 9.64 Å². The highest BCUT2D eigenvalue weighted by atomic mass is 35.5. The fourth-order valence-corrected chi connectivity index (χ4v) is 2.24. The van der Waals surface area contributed by atoms with Gasteiger partial charge in [0.25, 0.3) is 0 Å². The van der Waals surface area contributed by atoms with E-state index in [0.29, 0.717) is 0 Å². The van der Waals surface area contributed by atoms with Crippen LogP contribution in [0.2, 0.25) is 0 Å². The van der Waals surface area contributed by atoms with Crippen molar-refractivity contribution in [2.75, 3.05) is 25.6 Å². The normalized spacial score (nSPS) is 12.4. The van der Waals surface area contributed by atoms with Crippen molar-refractivity contribution in [1.29, 1.82) is 0 Å². The molecule has 1 unspecified atom stereocenters. The van der Waals surface area contributed by atoms with Crippen molar-refractivity contribution < 1.29 is 4.74 Å². The van der Waals surface area contributed by atoms with E-state index in [0.717, 1.165) is 28.9 Å². The Balaban J connectivity index is 2.45.